The summed E-state index contributed by atoms with van der Waals surface area (Å²) in [4.78, 5) is 27.4. The Hall–Kier alpha value is -2.48. The van der Waals surface area contributed by atoms with Gasteiger partial charge in [0.1, 0.15) is 5.82 Å². The molecule has 3 aliphatic rings. The Balaban J connectivity index is 1.29. The number of amides is 1. The van der Waals surface area contributed by atoms with Gasteiger partial charge in [0.2, 0.25) is 17.6 Å². The fraction of sp³-hybridized carbons (Fsp3) is 0.619. The standard InChI is InChI=1S/C21H28N6O2/c1-15(28)25-9-11-26(12-10-25)19-13-17(6-7-22-19)20-23-21(29-24-20)18-3-2-8-27(18)14-16-4-5-16/h6-7,13,16,18H,2-5,8-12,14H2,1H3. The Morgan fingerprint density at radius 1 is 1.17 bits per heavy atom. The van der Waals surface area contributed by atoms with Crippen molar-refractivity contribution in [3.8, 4) is 11.4 Å². The number of carbonyl (C=O) groups excluding carboxylic acids is 1. The fourth-order valence-corrected chi connectivity index (χ4v) is 4.43. The minimum absolute atomic E-state index is 0.133. The molecule has 0 radical (unpaired) electrons. The maximum Gasteiger partial charge on any atom is 0.244 e. The number of carbonyl (C=O) groups is 1. The van der Waals surface area contributed by atoms with E-state index in [9.17, 15) is 4.79 Å². The highest BCUT2D eigenvalue weighted by Crippen LogP contribution is 2.37. The SMILES string of the molecule is CC(=O)N1CCN(c2cc(-c3noc(C4CCCN4CC4CC4)n3)ccn2)CC1. The van der Waals surface area contributed by atoms with Crippen LogP contribution in [0.5, 0.6) is 0 Å². The molecule has 2 saturated heterocycles. The number of pyridine rings is 1. The van der Waals surface area contributed by atoms with Gasteiger partial charge in [0.15, 0.2) is 0 Å². The van der Waals surface area contributed by atoms with Crippen molar-refractivity contribution in [2.75, 3.05) is 44.2 Å². The van der Waals surface area contributed by atoms with Crippen molar-refractivity contribution in [1.29, 1.82) is 0 Å². The Bertz CT molecular complexity index is 872. The number of aromatic nitrogens is 3. The number of hydrogen-bond acceptors (Lipinski definition) is 7. The molecule has 1 aliphatic carbocycles. The normalized spacial score (nSPS) is 23.0. The zero-order valence-electron chi connectivity index (χ0n) is 17.0. The molecule has 2 aromatic heterocycles. The first-order valence-corrected chi connectivity index (χ1v) is 10.7. The molecule has 4 heterocycles. The van der Waals surface area contributed by atoms with Gasteiger partial charge < -0.3 is 14.3 Å². The van der Waals surface area contributed by atoms with Crippen LogP contribution in [0.4, 0.5) is 5.82 Å². The zero-order valence-corrected chi connectivity index (χ0v) is 17.0. The van der Waals surface area contributed by atoms with Gasteiger partial charge in [-0.3, -0.25) is 9.69 Å². The Kier molecular flexibility index (Phi) is 4.95. The highest BCUT2D eigenvalue weighted by Gasteiger charge is 2.34. The second-order valence-corrected chi connectivity index (χ2v) is 8.45. The number of nitrogens with zero attached hydrogens (tertiary/aromatic N) is 6. The lowest BCUT2D eigenvalue weighted by Gasteiger charge is -2.34. The summed E-state index contributed by atoms with van der Waals surface area (Å²) in [5.74, 6) is 3.27. The molecule has 2 aliphatic heterocycles. The van der Waals surface area contributed by atoms with Crippen molar-refractivity contribution >= 4 is 11.7 Å². The summed E-state index contributed by atoms with van der Waals surface area (Å²) in [5.41, 5.74) is 0.922. The lowest BCUT2D eigenvalue weighted by Crippen LogP contribution is -2.48. The van der Waals surface area contributed by atoms with E-state index in [1.807, 2.05) is 17.0 Å². The smallest absolute Gasteiger partial charge is 0.244 e. The third kappa shape index (κ3) is 3.99. The number of rotatable bonds is 5. The van der Waals surface area contributed by atoms with E-state index < -0.39 is 0 Å². The lowest BCUT2D eigenvalue weighted by atomic mass is 10.2. The summed E-state index contributed by atoms with van der Waals surface area (Å²) >= 11 is 0. The molecule has 2 aromatic rings. The molecule has 0 bridgehead atoms. The van der Waals surface area contributed by atoms with E-state index in [2.05, 4.69) is 19.9 Å². The third-order valence-electron chi connectivity index (χ3n) is 6.33. The van der Waals surface area contributed by atoms with Crippen molar-refractivity contribution in [1.82, 2.24) is 24.9 Å². The van der Waals surface area contributed by atoms with E-state index in [4.69, 9.17) is 9.51 Å². The zero-order chi connectivity index (χ0) is 19.8. The fourth-order valence-electron chi connectivity index (χ4n) is 4.43. The average molecular weight is 396 g/mol. The highest BCUT2D eigenvalue weighted by molar-refractivity contribution is 5.73. The minimum Gasteiger partial charge on any atom is -0.353 e. The molecule has 0 N–H and O–H groups in total. The predicted molar refractivity (Wildman–Crippen MR) is 108 cm³/mol. The van der Waals surface area contributed by atoms with Gasteiger partial charge in [-0.15, -0.1) is 0 Å². The summed E-state index contributed by atoms with van der Waals surface area (Å²) < 4.78 is 5.68. The summed E-state index contributed by atoms with van der Waals surface area (Å²) in [5, 5.41) is 4.27. The summed E-state index contributed by atoms with van der Waals surface area (Å²) in [6, 6.07) is 4.22. The predicted octanol–water partition coefficient (Wildman–Crippen LogP) is 2.35. The van der Waals surface area contributed by atoms with E-state index >= 15 is 0 Å². The van der Waals surface area contributed by atoms with Crippen molar-refractivity contribution in [2.24, 2.45) is 5.92 Å². The number of piperazine rings is 1. The molecule has 3 fully saturated rings. The summed E-state index contributed by atoms with van der Waals surface area (Å²) in [7, 11) is 0. The van der Waals surface area contributed by atoms with Crippen LogP contribution >= 0.6 is 0 Å². The first kappa shape index (κ1) is 18.5. The van der Waals surface area contributed by atoms with Crippen LogP contribution in [0.25, 0.3) is 11.4 Å². The maximum absolute atomic E-state index is 11.5. The van der Waals surface area contributed by atoms with Gasteiger partial charge in [0.25, 0.3) is 0 Å². The quantitative estimate of drug-likeness (QED) is 0.767. The number of hydrogen-bond donors (Lipinski definition) is 0. The van der Waals surface area contributed by atoms with E-state index in [0.29, 0.717) is 5.82 Å². The van der Waals surface area contributed by atoms with Crippen LogP contribution in [0, 0.1) is 5.92 Å². The van der Waals surface area contributed by atoms with E-state index in [-0.39, 0.29) is 11.9 Å². The van der Waals surface area contributed by atoms with Crippen LogP contribution in [0.2, 0.25) is 0 Å². The van der Waals surface area contributed by atoms with E-state index in [1.54, 1.807) is 13.1 Å². The first-order chi connectivity index (χ1) is 14.2. The molecule has 29 heavy (non-hydrogen) atoms. The van der Waals surface area contributed by atoms with Gasteiger partial charge in [-0.25, -0.2) is 4.98 Å². The van der Waals surface area contributed by atoms with E-state index in [1.165, 1.54) is 19.3 Å². The second kappa shape index (κ2) is 7.74. The molecular formula is C21H28N6O2. The van der Waals surface area contributed by atoms with Gasteiger partial charge >= 0.3 is 0 Å². The highest BCUT2D eigenvalue weighted by atomic mass is 16.5. The first-order valence-electron chi connectivity index (χ1n) is 10.7. The monoisotopic (exact) mass is 396 g/mol. The van der Waals surface area contributed by atoms with Crippen LogP contribution in [-0.4, -0.2) is 70.1 Å². The second-order valence-electron chi connectivity index (χ2n) is 8.45. The molecule has 1 saturated carbocycles. The molecule has 1 unspecified atom stereocenters. The van der Waals surface area contributed by atoms with Crippen LogP contribution in [0.15, 0.2) is 22.9 Å². The van der Waals surface area contributed by atoms with Crippen molar-refractivity contribution in [2.45, 2.75) is 38.6 Å². The Labute approximate surface area is 170 Å². The summed E-state index contributed by atoms with van der Waals surface area (Å²) in [6.45, 7) is 6.94. The van der Waals surface area contributed by atoms with Gasteiger partial charge in [-0.2, -0.15) is 4.98 Å². The molecule has 8 nitrogen and oxygen atoms in total. The van der Waals surface area contributed by atoms with Crippen molar-refractivity contribution < 1.29 is 9.32 Å². The summed E-state index contributed by atoms with van der Waals surface area (Å²) in [6.07, 6.45) is 6.81. The molecule has 0 spiro atoms. The van der Waals surface area contributed by atoms with Crippen LogP contribution < -0.4 is 4.90 Å². The topological polar surface area (TPSA) is 78.6 Å². The molecule has 154 valence electrons. The van der Waals surface area contributed by atoms with Crippen molar-refractivity contribution in [3.05, 3.63) is 24.2 Å². The molecule has 0 aromatic carbocycles. The lowest BCUT2D eigenvalue weighted by molar-refractivity contribution is -0.129. The van der Waals surface area contributed by atoms with Crippen LogP contribution in [-0.2, 0) is 4.79 Å². The van der Waals surface area contributed by atoms with Gasteiger partial charge in [0, 0.05) is 51.4 Å². The van der Waals surface area contributed by atoms with Gasteiger partial charge in [-0.1, -0.05) is 5.16 Å². The maximum atomic E-state index is 11.5. The number of anilines is 1. The van der Waals surface area contributed by atoms with Crippen LogP contribution in [0.3, 0.4) is 0 Å². The molecule has 1 atom stereocenters. The molecule has 1 amide bonds. The number of likely N-dealkylation sites (tertiary alicyclic amines) is 1. The minimum atomic E-state index is 0.133. The van der Waals surface area contributed by atoms with Gasteiger partial charge in [-0.05, 0) is 50.3 Å². The third-order valence-corrected chi connectivity index (χ3v) is 6.33. The Morgan fingerprint density at radius 3 is 2.76 bits per heavy atom. The molecule has 5 rings (SSSR count). The van der Waals surface area contributed by atoms with Gasteiger partial charge in [0.05, 0.1) is 6.04 Å². The molecule has 8 heteroatoms. The Morgan fingerprint density at radius 2 is 2.00 bits per heavy atom. The van der Waals surface area contributed by atoms with E-state index in [0.717, 1.165) is 68.9 Å². The van der Waals surface area contributed by atoms with Crippen molar-refractivity contribution in [3.63, 3.8) is 0 Å². The largest absolute Gasteiger partial charge is 0.353 e. The molecular weight excluding hydrogens is 368 g/mol. The average Bonchev–Trinajstić information content (AvgIpc) is 3.23. The van der Waals surface area contributed by atoms with Crippen LogP contribution in [0.1, 0.15) is 44.5 Å².